The van der Waals surface area contributed by atoms with E-state index in [1.165, 1.54) is 5.57 Å². The molecule has 0 radical (unpaired) electrons. The van der Waals surface area contributed by atoms with Crippen LogP contribution in [0.3, 0.4) is 0 Å². The van der Waals surface area contributed by atoms with Crippen molar-refractivity contribution in [2.24, 2.45) is 5.92 Å². The van der Waals surface area contributed by atoms with Gasteiger partial charge in [0.2, 0.25) is 5.91 Å². The highest BCUT2D eigenvalue weighted by Crippen LogP contribution is 2.17. The average molecular weight is 208 g/mol. The van der Waals surface area contributed by atoms with Gasteiger partial charge >= 0.3 is 0 Å². The number of carbonyl (C=O) groups excluding carboxylic acids is 1. The van der Waals surface area contributed by atoms with Crippen LogP contribution in [0.1, 0.15) is 26.2 Å². The highest BCUT2D eigenvalue weighted by molar-refractivity contribution is 5.79. The zero-order chi connectivity index (χ0) is 10.7. The normalized spacial score (nSPS) is 27.4. The number of hydrogen-bond donors (Lipinski definition) is 1. The molecule has 1 amide bonds. The quantitative estimate of drug-likeness (QED) is 0.656. The summed E-state index contributed by atoms with van der Waals surface area (Å²) in [5.41, 5.74) is 1.42. The molecule has 2 aliphatic rings. The minimum atomic E-state index is 0.227. The number of rotatable bonds is 1. The molecule has 0 bridgehead atoms. The van der Waals surface area contributed by atoms with E-state index < -0.39 is 0 Å². The molecule has 0 aromatic carbocycles. The minimum Gasteiger partial charge on any atom is -0.338 e. The van der Waals surface area contributed by atoms with Gasteiger partial charge in [0.25, 0.3) is 0 Å². The summed E-state index contributed by atoms with van der Waals surface area (Å²) in [7, 11) is 0. The fourth-order valence-electron chi connectivity index (χ4n) is 2.29. The number of amides is 1. The van der Waals surface area contributed by atoms with E-state index >= 15 is 0 Å². The molecule has 0 spiro atoms. The molecule has 15 heavy (non-hydrogen) atoms. The van der Waals surface area contributed by atoms with Crippen LogP contribution < -0.4 is 5.32 Å². The third-order valence-corrected chi connectivity index (χ3v) is 3.39. The number of piperidine rings is 1. The van der Waals surface area contributed by atoms with Crippen LogP contribution in [0.15, 0.2) is 11.6 Å². The molecule has 0 saturated carbocycles. The standard InChI is InChI=1S/C12H20N2O/c1-10-4-7-14(8-5-10)12(15)11-3-2-6-13-9-11/h4,11,13H,2-3,5-9H2,1H3/t11-/m1/s1. The Hall–Kier alpha value is -0.830. The first-order valence-corrected chi connectivity index (χ1v) is 5.92. The summed E-state index contributed by atoms with van der Waals surface area (Å²) >= 11 is 0. The lowest BCUT2D eigenvalue weighted by Gasteiger charge is -2.31. The highest BCUT2D eigenvalue weighted by atomic mass is 16.2. The van der Waals surface area contributed by atoms with Crippen molar-refractivity contribution in [2.45, 2.75) is 26.2 Å². The number of hydrogen-bond acceptors (Lipinski definition) is 2. The van der Waals surface area contributed by atoms with Gasteiger partial charge in [0, 0.05) is 19.6 Å². The van der Waals surface area contributed by atoms with Crippen molar-refractivity contribution in [2.75, 3.05) is 26.2 Å². The molecule has 3 nitrogen and oxygen atoms in total. The third-order valence-electron chi connectivity index (χ3n) is 3.39. The Morgan fingerprint density at radius 3 is 3.07 bits per heavy atom. The Morgan fingerprint density at radius 2 is 2.47 bits per heavy atom. The van der Waals surface area contributed by atoms with Gasteiger partial charge in [-0.15, -0.1) is 0 Å². The molecule has 1 atom stereocenters. The second-order valence-corrected chi connectivity index (χ2v) is 4.63. The highest BCUT2D eigenvalue weighted by Gasteiger charge is 2.26. The van der Waals surface area contributed by atoms with Crippen molar-refractivity contribution in [1.82, 2.24) is 10.2 Å². The molecular formula is C12H20N2O. The zero-order valence-corrected chi connectivity index (χ0v) is 9.46. The predicted octanol–water partition coefficient (Wildman–Crippen LogP) is 1.16. The predicted molar refractivity (Wildman–Crippen MR) is 60.5 cm³/mol. The molecular weight excluding hydrogens is 188 g/mol. The van der Waals surface area contributed by atoms with Gasteiger partial charge in [-0.05, 0) is 32.7 Å². The molecule has 84 valence electrons. The fraction of sp³-hybridized carbons (Fsp3) is 0.750. The summed E-state index contributed by atoms with van der Waals surface area (Å²) in [4.78, 5) is 14.1. The van der Waals surface area contributed by atoms with Gasteiger partial charge in [0.05, 0.1) is 5.92 Å². The summed E-state index contributed by atoms with van der Waals surface area (Å²) in [6, 6.07) is 0. The Morgan fingerprint density at radius 1 is 1.60 bits per heavy atom. The molecule has 0 unspecified atom stereocenters. The molecule has 2 rings (SSSR count). The van der Waals surface area contributed by atoms with Crippen molar-refractivity contribution < 1.29 is 4.79 Å². The molecule has 1 saturated heterocycles. The van der Waals surface area contributed by atoms with E-state index in [-0.39, 0.29) is 5.92 Å². The van der Waals surface area contributed by atoms with Crippen LogP contribution >= 0.6 is 0 Å². The lowest BCUT2D eigenvalue weighted by molar-refractivity contribution is -0.135. The third kappa shape index (κ3) is 2.59. The van der Waals surface area contributed by atoms with Crippen molar-refractivity contribution in [1.29, 1.82) is 0 Å². The first-order valence-electron chi connectivity index (χ1n) is 5.92. The van der Waals surface area contributed by atoms with Crippen LogP contribution in [0.4, 0.5) is 0 Å². The topological polar surface area (TPSA) is 32.3 Å². The summed E-state index contributed by atoms with van der Waals surface area (Å²) < 4.78 is 0. The number of carbonyl (C=O) groups is 1. The lowest BCUT2D eigenvalue weighted by atomic mass is 9.97. The Labute approximate surface area is 91.5 Å². The van der Waals surface area contributed by atoms with Gasteiger partial charge < -0.3 is 10.2 Å². The first-order chi connectivity index (χ1) is 7.27. The molecule has 0 aromatic heterocycles. The maximum Gasteiger partial charge on any atom is 0.227 e. The van der Waals surface area contributed by atoms with Crippen LogP contribution in [0.2, 0.25) is 0 Å². The number of nitrogens with one attached hydrogen (secondary N) is 1. The van der Waals surface area contributed by atoms with Crippen molar-refractivity contribution in [3.05, 3.63) is 11.6 Å². The van der Waals surface area contributed by atoms with Crippen molar-refractivity contribution in [3.8, 4) is 0 Å². The van der Waals surface area contributed by atoms with Crippen LogP contribution in [-0.2, 0) is 4.79 Å². The van der Waals surface area contributed by atoms with Crippen LogP contribution in [0, 0.1) is 5.92 Å². The van der Waals surface area contributed by atoms with E-state index in [1.807, 2.05) is 4.90 Å². The summed E-state index contributed by atoms with van der Waals surface area (Å²) in [5, 5.41) is 3.30. The molecule has 0 aromatic rings. The average Bonchev–Trinajstić information content (AvgIpc) is 2.30. The Balaban J connectivity index is 1.90. The largest absolute Gasteiger partial charge is 0.338 e. The SMILES string of the molecule is CC1=CCN(C(=O)[C@@H]2CCCNC2)CC1. The molecule has 2 heterocycles. The minimum absolute atomic E-state index is 0.227. The zero-order valence-electron chi connectivity index (χ0n) is 9.46. The van der Waals surface area contributed by atoms with Gasteiger partial charge in [0.1, 0.15) is 0 Å². The van der Waals surface area contributed by atoms with Crippen LogP contribution in [-0.4, -0.2) is 37.0 Å². The van der Waals surface area contributed by atoms with E-state index in [2.05, 4.69) is 18.3 Å². The molecule has 2 aliphatic heterocycles. The van der Waals surface area contributed by atoms with Crippen molar-refractivity contribution in [3.63, 3.8) is 0 Å². The van der Waals surface area contributed by atoms with Gasteiger partial charge in [-0.1, -0.05) is 11.6 Å². The van der Waals surface area contributed by atoms with Crippen LogP contribution in [0.25, 0.3) is 0 Å². The van der Waals surface area contributed by atoms with E-state index in [0.717, 1.165) is 45.4 Å². The van der Waals surface area contributed by atoms with E-state index in [1.54, 1.807) is 0 Å². The van der Waals surface area contributed by atoms with Crippen molar-refractivity contribution >= 4 is 5.91 Å². The lowest BCUT2D eigenvalue weighted by Crippen LogP contribution is -2.44. The smallest absolute Gasteiger partial charge is 0.227 e. The number of nitrogens with zero attached hydrogens (tertiary/aromatic N) is 1. The van der Waals surface area contributed by atoms with Gasteiger partial charge in [0.15, 0.2) is 0 Å². The van der Waals surface area contributed by atoms with E-state index in [9.17, 15) is 4.79 Å². The van der Waals surface area contributed by atoms with E-state index in [0.29, 0.717) is 5.91 Å². The monoisotopic (exact) mass is 208 g/mol. The molecule has 1 fully saturated rings. The van der Waals surface area contributed by atoms with Gasteiger partial charge in [-0.2, -0.15) is 0 Å². The second-order valence-electron chi connectivity index (χ2n) is 4.63. The first kappa shape index (κ1) is 10.7. The van der Waals surface area contributed by atoms with Gasteiger partial charge in [-0.25, -0.2) is 0 Å². The maximum absolute atomic E-state index is 12.1. The Kier molecular flexibility index (Phi) is 3.41. The molecule has 1 N–H and O–H groups in total. The van der Waals surface area contributed by atoms with E-state index in [4.69, 9.17) is 0 Å². The molecule has 3 heteroatoms. The molecule has 0 aliphatic carbocycles. The Bertz CT molecular complexity index is 267. The summed E-state index contributed by atoms with van der Waals surface area (Å²) in [5.74, 6) is 0.580. The maximum atomic E-state index is 12.1. The fourth-order valence-corrected chi connectivity index (χ4v) is 2.29. The summed E-state index contributed by atoms with van der Waals surface area (Å²) in [6.45, 7) is 5.82. The second kappa shape index (κ2) is 4.79. The van der Waals surface area contributed by atoms with Gasteiger partial charge in [-0.3, -0.25) is 4.79 Å². The summed E-state index contributed by atoms with van der Waals surface area (Å²) in [6.07, 6.45) is 5.42. The van der Waals surface area contributed by atoms with Crippen LogP contribution in [0.5, 0.6) is 0 Å².